The van der Waals surface area contributed by atoms with Gasteiger partial charge in [-0.25, -0.2) is 0 Å². The molecule has 4 aromatic rings. The number of likely N-dealkylation sites (tertiary alicyclic amines) is 1. The molecule has 3 heterocycles. The molecular weight excluding hydrogens is 404 g/mol. The second kappa shape index (κ2) is 9.09. The molecule has 0 spiro atoms. The largest absolute Gasteiger partial charge is 0.489 e. The van der Waals surface area contributed by atoms with Crippen LogP contribution in [0.5, 0.6) is 11.5 Å². The number of benzene rings is 2. The predicted octanol–water partition coefficient (Wildman–Crippen LogP) is 4.05. The van der Waals surface area contributed by atoms with Gasteiger partial charge in [0.25, 0.3) is 5.91 Å². The maximum Gasteiger partial charge on any atom is 0.261 e. The summed E-state index contributed by atoms with van der Waals surface area (Å²) < 4.78 is 13.5. The van der Waals surface area contributed by atoms with Crippen LogP contribution in [0.1, 0.15) is 30.3 Å². The van der Waals surface area contributed by atoms with Gasteiger partial charge in [0.05, 0.1) is 6.04 Å². The van der Waals surface area contributed by atoms with Crippen LogP contribution in [-0.2, 0) is 11.4 Å². The lowest BCUT2D eigenvalue weighted by molar-refractivity contribution is -0.134. The van der Waals surface area contributed by atoms with Crippen molar-refractivity contribution in [2.75, 3.05) is 13.2 Å². The number of ether oxygens (including phenoxy) is 2. The third-order valence-electron chi connectivity index (χ3n) is 5.65. The van der Waals surface area contributed by atoms with E-state index < -0.39 is 0 Å². The molecule has 162 valence electrons. The maximum atomic E-state index is 12.9. The molecule has 5 rings (SSSR count). The highest BCUT2D eigenvalue weighted by Crippen LogP contribution is 2.31. The number of pyridine rings is 1. The summed E-state index contributed by atoms with van der Waals surface area (Å²) in [5.41, 5.74) is 1.90. The molecule has 32 heavy (non-hydrogen) atoms. The third-order valence-corrected chi connectivity index (χ3v) is 5.65. The SMILES string of the molecule is O=C(COc1ccc(OCc2ccccc2)cc1)N1CCCC1c1nnc2ccccn12. The molecule has 0 saturated carbocycles. The van der Waals surface area contributed by atoms with Crippen molar-refractivity contribution < 1.29 is 14.3 Å². The Morgan fingerprint density at radius 2 is 1.66 bits per heavy atom. The minimum Gasteiger partial charge on any atom is -0.489 e. The molecule has 1 aliphatic rings. The Morgan fingerprint density at radius 1 is 0.906 bits per heavy atom. The summed E-state index contributed by atoms with van der Waals surface area (Å²) in [7, 11) is 0. The van der Waals surface area contributed by atoms with E-state index in [4.69, 9.17) is 9.47 Å². The van der Waals surface area contributed by atoms with Gasteiger partial charge in [-0.3, -0.25) is 9.20 Å². The lowest BCUT2D eigenvalue weighted by atomic mass is 10.2. The molecule has 7 nitrogen and oxygen atoms in total. The van der Waals surface area contributed by atoms with Crippen LogP contribution in [0.4, 0.5) is 0 Å². The van der Waals surface area contributed by atoms with Crippen LogP contribution in [0.2, 0.25) is 0 Å². The number of carbonyl (C=O) groups is 1. The van der Waals surface area contributed by atoms with Crippen molar-refractivity contribution in [2.45, 2.75) is 25.5 Å². The zero-order chi connectivity index (χ0) is 21.8. The summed E-state index contributed by atoms with van der Waals surface area (Å²) in [6, 6.07) is 23.0. The fraction of sp³-hybridized carbons (Fsp3) is 0.240. The maximum absolute atomic E-state index is 12.9. The Hall–Kier alpha value is -3.87. The first-order valence-corrected chi connectivity index (χ1v) is 10.8. The van der Waals surface area contributed by atoms with Crippen LogP contribution < -0.4 is 9.47 Å². The second-order valence-corrected chi connectivity index (χ2v) is 7.77. The first-order valence-electron chi connectivity index (χ1n) is 10.8. The number of carbonyl (C=O) groups excluding carboxylic acids is 1. The van der Waals surface area contributed by atoms with Gasteiger partial charge >= 0.3 is 0 Å². The zero-order valence-electron chi connectivity index (χ0n) is 17.6. The molecule has 0 bridgehead atoms. The van der Waals surface area contributed by atoms with Gasteiger partial charge in [0, 0.05) is 12.7 Å². The highest BCUT2D eigenvalue weighted by Gasteiger charge is 2.33. The summed E-state index contributed by atoms with van der Waals surface area (Å²) in [6.07, 6.45) is 3.74. The van der Waals surface area contributed by atoms with Gasteiger partial charge in [0.15, 0.2) is 18.1 Å². The standard InChI is InChI=1S/C25H24N4O3/c30-24(28-16-6-9-22(28)25-27-26-23-10-4-5-15-29(23)25)18-32-21-13-11-20(12-14-21)31-17-19-7-2-1-3-8-19/h1-5,7-8,10-15,22H,6,9,16-18H2. The van der Waals surface area contributed by atoms with Crippen molar-refractivity contribution in [2.24, 2.45) is 0 Å². The highest BCUT2D eigenvalue weighted by molar-refractivity contribution is 5.78. The molecule has 0 N–H and O–H groups in total. The van der Waals surface area contributed by atoms with Crippen molar-refractivity contribution in [1.82, 2.24) is 19.5 Å². The first-order chi connectivity index (χ1) is 15.8. The number of hydrogen-bond acceptors (Lipinski definition) is 5. The van der Waals surface area contributed by atoms with E-state index in [9.17, 15) is 4.79 Å². The molecule has 0 aliphatic carbocycles. The quantitative estimate of drug-likeness (QED) is 0.444. The average molecular weight is 428 g/mol. The summed E-state index contributed by atoms with van der Waals surface area (Å²) in [5.74, 6) is 2.14. The zero-order valence-corrected chi connectivity index (χ0v) is 17.6. The van der Waals surface area contributed by atoms with E-state index in [-0.39, 0.29) is 18.6 Å². The highest BCUT2D eigenvalue weighted by atomic mass is 16.5. The van der Waals surface area contributed by atoms with Gasteiger partial charge in [-0.05, 0) is 54.8 Å². The Morgan fingerprint density at radius 3 is 2.47 bits per heavy atom. The van der Waals surface area contributed by atoms with Gasteiger partial charge in [-0.2, -0.15) is 0 Å². The lowest BCUT2D eigenvalue weighted by Crippen LogP contribution is -2.35. The topological polar surface area (TPSA) is 69.0 Å². The first kappa shape index (κ1) is 20.1. The lowest BCUT2D eigenvalue weighted by Gasteiger charge is -2.23. The number of hydrogen-bond donors (Lipinski definition) is 0. The van der Waals surface area contributed by atoms with Crippen LogP contribution in [0.3, 0.4) is 0 Å². The number of rotatable bonds is 7. The number of fused-ring (bicyclic) bond motifs is 1. The van der Waals surface area contributed by atoms with Gasteiger partial charge in [0.1, 0.15) is 18.1 Å². The predicted molar refractivity (Wildman–Crippen MR) is 119 cm³/mol. The fourth-order valence-corrected chi connectivity index (χ4v) is 4.02. The Kier molecular flexibility index (Phi) is 5.70. The Labute approximate surface area is 186 Å². The van der Waals surface area contributed by atoms with Crippen molar-refractivity contribution in [3.05, 3.63) is 90.4 Å². The van der Waals surface area contributed by atoms with E-state index in [1.165, 1.54) is 0 Å². The van der Waals surface area contributed by atoms with E-state index in [0.29, 0.717) is 18.9 Å². The number of amides is 1. The normalized spacial score (nSPS) is 15.8. The fourth-order valence-electron chi connectivity index (χ4n) is 4.02. The van der Waals surface area contributed by atoms with Crippen LogP contribution in [-0.4, -0.2) is 38.6 Å². The third kappa shape index (κ3) is 4.27. The van der Waals surface area contributed by atoms with Gasteiger partial charge in [-0.15, -0.1) is 10.2 Å². The smallest absolute Gasteiger partial charge is 0.261 e. The van der Waals surface area contributed by atoms with E-state index in [2.05, 4.69) is 10.2 Å². The van der Waals surface area contributed by atoms with E-state index in [1.807, 2.05) is 88.3 Å². The molecule has 1 amide bonds. The molecule has 1 unspecified atom stereocenters. The Bertz CT molecular complexity index is 1190. The average Bonchev–Trinajstić information content (AvgIpc) is 3.49. The Balaban J connectivity index is 1.18. The number of aromatic nitrogens is 3. The monoisotopic (exact) mass is 428 g/mol. The van der Waals surface area contributed by atoms with Gasteiger partial charge in [0.2, 0.25) is 0 Å². The van der Waals surface area contributed by atoms with Crippen LogP contribution >= 0.6 is 0 Å². The van der Waals surface area contributed by atoms with E-state index in [1.54, 1.807) is 0 Å². The second-order valence-electron chi connectivity index (χ2n) is 7.77. The summed E-state index contributed by atoms with van der Waals surface area (Å²) in [4.78, 5) is 14.8. The van der Waals surface area contributed by atoms with E-state index in [0.717, 1.165) is 35.6 Å². The molecule has 2 aromatic heterocycles. The molecule has 7 heteroatoms. The van der Waals surface area contributed by atoms with Gasteiger partial charge < -0.3 is 14.4 Å². The minimum atomic E-state index is -0.0859. The molecule has 1 atom stereocenters. The van der Waals surface area contributed by atoms with Crippen LogP contribution in [0, 0.1) is 0 Å². The number of nitrogens with zero attached hydrogens (tertiary/aromatic N) is 4. The van der Waals surface area contributed by atoms with Crippen LogP contribution in [0.25, 0.3) is 5.65 Å². The van der Waals surface area contributed by atoms with Crippen molar-refractivity contribution >= 4 is 11.6 Å². The van der Waals surface area contributed by atoms with Crippen molar-refractivity contribution in [1.29, 1.82) is 0 Å². The molecule has 1 fully saturated rings. The molecule has 2 aromatic carbocycles. The van der Waals surface area contributed by atoms with Crippen molar-refractivity contribution in [3.8, 4) is 11.5 Å². The minimum absolute atomic E-state index is 0.0164. The van der Waals surface area contributed by atoms with Crippen molar-refractivity contribution in [3.63, 3.8) is 0 Å². The molecule has 0 radical (unpaired) electrons. The summed E-state index contributed by atoms with van der Waals surface area (Å²) in [5, 5.41) is 8.57. The summed E-state index contributed by atoms with van der Waals surface area (Å²) in [6.45, 7) is 1.19. The van der Waals surface area contributed by atoms with E-state index >= 15 is 0 Å². The van der Waals surface area contributed by atoms with Gasteiger partial charge in [-0.1, -0.05) is 36.4 Å². The molecule has 1 aliphatic heterocycles. The molecule has 1 saturated heterocycles. The summed E-state index contributed by atoms with van der Waals surface area (Å²) >= 11 is 0. The van der Waals surface area contributed by atoms with Crippen LogP contribution in [0.15, 0.2) is 79.0 Å². The molecular formula is C25H24N4O3.